The summed E-state index contributed by atoms with van der Waals surface area (Å²) < 4.78 is 5.37. The van der Waals surface area contributed by atoms with Crippen molar-refractivity contribution in [2.45, 2.75) is 40.3 Å². The number of thiazole rings is 1. The highest BCUT2D eigenvalue weighted by Gasteiger charge is 2.18. The molecule has 166 valence electrons. The molecular weight excluding hydrogens is 384 g/mol. The van der Waals surface area contributed by atoms with E-state index in [4.69, 9.17) is 14.7 Å². The van der Waals surface area contributed by atoms with Gasteiger partial charge in [-0.25, -0.2) is 4.98 Å². The van der Waals surface area contributed by atoms with Gasteiger partial charge in [0.25, 0.3) is 0 Å². The Balaban J connectivity index is 1.86. The van der Waals surface area contributed by atoms with Crippen LogP contribution in [-0.2, 0) is 11.3 Å². The van der Waals surface area contributed by atoms with Gasteiger partial charge in [-0.3, -0.25) is 4.99 Å². The van der Waals surface area contributed by atoms with E-state index in [1.54, 1.807) is 18.4 Å². The monoisotopic (exact) mass is 424 g/mol. The summed E-state index contributed by atoms with van der Waals surface area (Å²) in [5.41, 5.74) is 1.06. The number of aromatic nitrogens is 1. The molecule has 29 heavy (non-hydrogen) atoms. The molecular formula is C21H40N6OS. The van der Waals surface area contributed by atoms with Gasteiger partial charge < -0.3 is 24.8 Å². The summed E-state index contributed by atoms with van der Waals surface area (Å²) in [7, 11) is 3.80. The van der Waals surface area contributed by atoms with Crippen LogP contribution in [0.25, 0.3) is 0 Å². The van der Waals surface area contributed by atoms with Gasteiger partial charge in [-0.1, -0.05) is 13.8 Å². The van der Waals surface area contributed by atoms with Crippen molar-refractivity contribution >= 4 is 17.3 Å². The molecule has 2 atom stereocenters. The summed E-state index contributed by atoms with van der Waals surface area (Å²) >= 11 is 1.66. The van der Waals surface area contributed by atoms with Crippen LogP contribution in [0.2, 0.25) is 0 Å². The second-order valence-corrected chi connectivity index (χ2v) is 8.84. The van der Waals surface area contributed by atoms with Crippen molar-refractivity contribution < 1.29 is 4.74 Å². The highest BCUT2D eigenvalue weighted by atomic mass is 32.1. The number of likely N-dealkylation sites (N-methyl/N-ethyl adjacent to an activating group) is 1. The zero-order valence-electron chi connectivity index (χ0n) is 19.1. The van der Waals surface area contributed by atoms with Gasteiger partial charge in [0.05, 0.1) is 12.2 Å². The van der Waals surface area contributed by atoms with Gasteiger partial charge in [-0.15, -0.1) is 11.3 Å². The lowest BCUT2D eigenvalue weighted by atomic mass is 10.1. The van der Waals surface area contributed by atoms with Gasteiger partial charge in [-0.2, -0.15) is 0 Å². The lowest BCUT2D eigenvalue weighted by molar-refractivity contribution is 0.119. The number of rotatable bonds is 10. The van der Waals surface area contributed by atoms with Crippen molar-refractivity contribution in [1.29, 1.82) is 0 Å². The predicted molar refractivity (Wildman–Crippen MR) is 123 cm³/mol. The first-order chi connectivity index (χ1) is 14.0. The number of nitrogens with one attached hydrogen (secondary N) is 1. The van der Waals surface area contributed by atoms with E-state index in [-0.39, 0.29) is 6.10 Å². The first-order valence-corrected chi connectivity index (χ1v) is 11.8. The maximum absolute atomic E-state index is 5.37. The van der Waals surface area contributed by atoms with E-state index in [0.717, 1.165) is 49.4 Å². The van der Waals surface area contributed by atoms with Gasteiger partial charge in [0, 0.05) is 65.4 Å². The van der Waals surface area contributed by atoms with Crippen LogP contribution in [0.4, 0.5) is 0 Å². The van der Waals surface area contributed by atoms with Crippen LogP contribution in [0.3, 0.4) is 0 Å². The van der Waals surface area contributed by atoms with E-state index in [2.05, 4.69) is 53.2 Å². The molecule has 1 fully saturated rings. The fourth-order valence-electron chi connectivity index (χ4n) is 3.50. The molecule has 1 N–H and O–H groups in total. The third-order valence-electron chi connectivity index (χ3n) is 5.40. The Labute approximate surface area is 181 Å². The number of ether oxygens (including phenoxy) is 1. The zero-order valence-corrected chi connectivity index (χ0v) is 20.0. The third kappa shape index (κ3) is 7.85. The van der Waals surface area contributed by atoms with E-state index >= 15 is 0 Å². The molecule has 0 aromatic carbocycles. The molecule has 0 bridgehead atoms. The van der Waals surface area contributed by atoms with Gasteiger partial charge in [0.15, 0.2) is 5.96 Å². The lowest BCUT2D eigenvalue weighted by Crippen LogP contribution is -2.47. The maximum atomic E-state index is 5.37. The number of hydrogen-bond acceptors (Lipinski definition) is 6. The fraction of sp³-hybridized carbons (Fsp3) is 0.810. The number of aliphatic imine (C=N–C) groups is 1. The van der Waals surface area contributed by atoms with E-state index in [1.165, 1.54) is 26.2 Å². The highest BCUT2D eigenvalue weighted by Crippen LogP contribution is 2.21. The Kier molecular flexibility index (Phi) is 10.3. The Morgan fingerprint density at radius 1 is 1.28 bits per heavy atom. The first kappa shape index (κ1) is 24.1. The smallest absolute Gasteiger partial charge is 0.194 e. The standard InChI is InChI=1S/C21H40N6OS/c1-7-22-21(25(5)15-19-16-29-20(24-19)18(4)28-6)23-13-17(3)14-27-11-9-26(8-2)10-12-27/h16-18H,7-15H2,1-6H3,(H,22,23). The number of methoxy groups -OCH3 is 1. The summed E-state index contributed by atoms with van der Waals surface area (Å²) in [6.45, 7) is 18.1. The van der Waals surface area contributed by atoms with Gasteiger partial charge in [0.2, 0.25) is 0 Å². The van der Waals surface area contributed by atoms with E-state index in [1.807, 2.05) is 6.92 Å². The second kappa shape index (κ2) is 12.5. The van der Waals surface area contributed by atoms with Crippen LogP contribution in [-0.4, -0.2) is 92.2 Å². The quantitative estimate of drug-likeness (QED) is 0.460. The zero-order chi connectivity index (χ0) is 21.2. The minimum Gasteiger partial charge on any atom is -0.375 e. The van der Waals surface area contributed by atoms with Crippen molar-refractivity contribution in [3.05, 3.63) is 16.1 Å². The van der Waals surface area contributed by atoms with Crippen molar-refractivity contribution in [3.8, 4) is 0 Å². The molecule has 0 aliphatic carbocycles. The van der Waals surface area contributed by atoms with Crippen LogP contribution >= 0.6 is 11.3 Å². The fourth-order valence-corrected chi connectivity index (χ4v) is 4.34. The van der Waals surface area contributed by atoms with Crippen LogP contribution in [0.15, 0.2) is 10.4 Å². The average Bonchev–Trinajstić information content (AvgIpc) is 3.19. The summed E-state index contributed by atoms with van der Waals surface area (Å²) in [4.78, 5) is 16.9. The van der Waals surface area contributed by atoms with Crippen molar-refractivity contribution in [3.63, 3.8) is 0 Å². The van der Waals surface area contributed by atoms with E-state index in [9.17, 15) is 0 Å². The largest absolute Gasteiger partial charge is 0.375 e. The summed E-state index contributed by atoms with van der Waals surface area (Å²) in [6.07, 6.45) is 0.0426. The molecule has 2 heterocycles. The molecule has 2 rings (SSSR count). The molecule has 1 aromatic heterocycles. The van der Waals surface area contributed by atoms with Gasteiger partial charge in [0.1, 0.15) is 11.1 Å². The highest BCUT2D eigenvalue weighted by molar-refractivity contribution is 7.09. The molecule has 0 spiro atoms. The number of hydrogen-bond donors (Lipinski definition) is 1. The van der Waals surface area contributed by atoms with Crippen LogP contribution in [0.5, 0.6) is 0 Å². The molecule has 7 nitrogen and oxygen atoms in total. The Hall–Kier alpha value is -1.22. The minimum atomic E-state index is 0.0426. The van der Waals surface area contributed by atoms with E-state index in [0.29, 0.717) is 5.92 Å². The molecule has 1 aliphatic rings. The Morgan fingerprint density at radius 3 is 2.59 bits per heavy atom. The molecule has 0 radical (unpaired) electrons. The predicted octanol–water partition coefficient (Wildman–Crippen LogP) is 2.52. The number of nitrogens with zero attached hydrogens (tertiary/aromatic N) is 5. The topological polar surface area (TPSA) is 56.2 Å². The lowest BCUT2D eigenvalue weighted by Gasteiger charge is -2.35. The Bertz CT molecular complexity index is 614. The molecule has 1 aliphatic heterocycles. The SMILES string of the molecule is CCNC(=NCC(C)CN1CCN(CC)CC1)N(C)Cc1csc(C(C)OC)n1. The first-order valence-electron chi connectivity index (χ1n) is 10.9. The van der Waals surface area contributed by atoms with Gasteiger partial charge in [-0.05, 0) is 26.3 Å². The number of guanidine groups is 1. The van der Waals surface area contributed by atoms with Crippen molar-refractivity contribution in [2.75, 3.05) is 66.5 Å². The average molecular weight is 425 g/mol. The number of piperazine rings is 1. The third-order valence-corrected chi connectivity index (χ3v) is 6.46. The molecule has 0 amide bonds. The summed E-state index contributed by atoms with van der Waals surface area (Å²) in [6, 6.07) is 0. The van der Waals surface area contributed by atoms with Crippen LogP contribution < -0.4 is 5.32 Å². The van der Waals surface area contributed by atoms with Crippen molar-refractivity contribution in [1.82, 2.24) is 25.0 Å². The maximum Gasteiger partial charge on any atom is 0.194 e. The molecule has 8 heteroatoms. The van der Waals surface area contributed by atoms with Crippen molar-refractivity contribution in [2.24, 2.45) is 10.9 Å². The second-order valence-electron chi connectivity index (χ2n) is 7.95. The van der Waals surface area contributed by atoms with Crippen LogP contribution in [0.1, 0.15) is 44.5 Å². The van der Waals surface area contributed by atoms with Gasteiger partial charge >= 0.3 is 0 Å². The molecule has 1 aromatic rings. The van der Waals surface area contributed by atoms with Crippen LogP contribution in [0, 0.1) is 5.92 Å². The summed E-state index contributed by atoms with van der Waals surface area (Å²) in [5, 5.41) is 6.56. The molecule has 1 saturated heterocycles. The molecule has 0 saturated carbocycles. The van der Waals surface area contributed by atoms with E-state index < -0.39 is 0 Å². The Morgan fingerprint density at radius 2 is 1.97 bits per heavy atom. The normalized spacial score (nSPS) is 18.6. The minimum absolute atomic E-state index is 0.0426. The molecule has 2 unspecified atom stereocenters. The summed E-state index contributed by atoms with van der Waals surface area (Å²) in [5.74, 6) is 1.49.